The van der Waals surface area contributed by atoms with Gasteiger partial charge >= 0.3 is 0 Å². The summed E-state index contributed by atoms with van der Waals surface area (Å²) in [5.74, 6) is -0.0609. The maximum absolute atomic E-state index is 12.4. The van der Waals surface area contributed by atoms with Crippen LogP contribution >= 0.6 is 0 Å². The Hall–Kier alpha value is -1.39. The zero-order valence-corrected chi connectivity index (χ0v) is 39.3. The molecule has 4 nitrogen and oxygen atoms in total. The van der Waals surface area contributed by atoms with Gasteiger partial charge in [0.15, 0.2) is 0 Å². The van der Waals surface area contributed by atoms with Gasteiger partial charge in [-0.1, -0.05) is 262 Å². The molecule has 342 valence electrons. The van der Waals surface area contributed by atoms with Gasteiger partial charge in [-0.25, -0.2) is 0 Å². The van der Waals surface area contributed by atoms with Gasteiger partial charge < -0.3 is 15.5 Å². The number of allylic oxidation sites excluding steroid dienone is 5. The van der Waals surface area contributed by atoms with Crippen molar-refractivity contribution >= 4 is 5.91 Å². The summed E-state index contributed by atoms with van der Waals surface area (Å²) in [5.41, 5.74) is 0. The lowest BCUT2D eigenvalue weighted by Gasteiger charge is -2.20. The van der Waals surface area contributed by atoms with Crippen molar-refractivity contribution in [1.29, 1.82) is 0 Å². The fourth-order valence-electron chi connectivity index (χ4n) is 8.09. The molecule has 2 atom stereocenters. The van der Waals surface area contributed by atoms with E-state index in [1.54, 1.807) is 6.08 Å². The highest BCUT2D eigenvalue weighted by atomic mass is 16.3. The van der Waals surface area contributed by atoms with Crippen molar-refractivity contribution < 1.29 is 15.0 Å². The second-order valence-electron chi connectivity index (χ2n) is 17.9. The summed E-state index contributed by atoms with van der Waals surface area (Å²) in [7, 11) is 0. The van der Waals surface area contributed by atoms with Crippen molar-refractivity contribution in [3.8, 4) is 0 Å². The maximum atomic E-state index is 12.4. The third-order valence-corrected chi connectivity index (χ3v) is 12.1. The highest BCUT2D eigenvalue weighted by Gasteiger charge is 2.18. The molecule has 0 fully saturated rings. The van der Waals surface area contributed by atoms with E-state index < -0.39 is 12.1 Å². The van der Waals surface area contributed by atoms with Crippen molar-refractivity contribution in [3.63, 3.8) is 0 Å². The van der Waals surface area contributed by atoms with Crippen molar-refractivity contribution in [2.75, 3.05) is 6.61 Å². The fourth-order valence-corrected chi connectivity index (χ4v) is 8.09. The molecule has 0 heterocycles. The number of hydrogen-bond donors (Lipinski definition) is 3. The van der Waals surface area contributed by atoms with Crippen LogP contribution in [0.5, 0.6) is 0 Å². The lowest BCUT2D eigenvalue weighted by molar-refractivity contribution is -0.123. The molecule has 0 aliphatic carbocycles. The molecule has 0 saturated carbocycles. The number of nitrogens with one attached hydrogen (secondary N) is 1. The molecule has 0 saturated heterocycles. The van der Waals surface area contributed by atoms with Gasteiger partial charge in [0.05, 0.1) is 18.8 Å². The quantitative estimate of drug-likeness (QED) is 0.0423. The standard InChI is InChI=1S/C54H103NO3/c1-3-5-7-9-11-13-15-17-19-21-23-24-25-26-27-28-29-30-32-34-36-38-40-42-44-46-48-50-54(58)55-52(51-56)53(57)49-47-45-43-41-39-37-35-33-31-22-20-18-16-14-12-10-8-6-4-2/h15,17,21,23,47,49,52-53,56-57H,3-14,16,18-20,22,24-46,48,50-51H2,1-2H3,(H,55,58)/b17-15-,23-21-,49-47+. The Balaban J connectivity index is 3.49. The van der Waals surface area contributed by atoms with Gasteiger partial charge in [-0.2, -0.15) is 0 Å². The van der Waals surface area contributed by atoms with Crippen molar-refractivity contribution in [2.24, 2.45) is 0 Å². The molecule has 0 aliphatic heterocycles. The van der Waals surface area contributed by atoms with Crippen LogP contribution < -0.4 is 5.32 Å². The highest BCUT2D eigenvalue weighted by molar-refractivity contribution is 5.76. The zero-order chi connectivity index (χ0) is 42.1. The Kier molecular flexibility index (Phi) is 48.8. The smallest absolute Gasteiger partial charge is 0.220 e. The first kappa shape index (κ1) is 56.6. The van der Waals surface area contributed by atoms with Gasteiger partial charge in [0.25, 0.3) is 0 Å². The average Bonchev–Trinajstić information content (AvgIpc) is 3.23. The van der Waals surface area contributed by atoms with E-state index in [0.717, 1.165) is 32.1 Å². The molecule has 0 radical (unpaired) electrons. The fraction of sp³-hybridized carbons (Fsp3) is 0.870. The third kappa shape index (κ3) is 45.7. The van der Waals surface area contributed by atoms with Gasteiger partial charge in [-0.05, 0) is 51.4 Å². The summed E-state index contributed by atoms with van der Waals surface area (Å²) < 4.78 is 0. The van der Waals surface area contributed by atoms with E-state index in [4.69, 9.17) is 0 Å². The van der Waals surface area contributed by atoms with Crippen LogP contribution in [0.4, 0.5) is 0 Å². The van der Waals surface area contributed by atoms with Gasteiger partial charge in [0.2, 0.25) is 5.91 Å². The molecule has 0 rings (SSSR count). The van der Waals surface area contributed by atoms with E-state index in [-0.39, 0.29) is 12.5 Å². The molecule has 0 bridgehead atoms. The molecule has 0 aromatic heterocycles. The van der Waals surface area contributed by atoms with Crippen molar-refractivity contribution in [3.05, 3.63) is 36.5 Å². The van der Waals surface area contributed by atoms with Gasteiger partial charge in [0.1, 0.15) is 0 Å². The number of amides is 1. The average molecular weight is 814 g/mol. The SMILES string of the molecule is CCCCCCC/C=C\C/C=C\CCCCCCCCCCCCCCCCCC(=O)NC(CO)C(O)/C=C/CCCCCCCCCCCCCCCCCCC. The van der Waals surface area contributed by atoms with Crippen LogP contribution in [-0.2, 0) is 4.79 Å². The summed E-state index contributed by atoms with van der Waals surface area (Å²) in [5, 5.41) is 23.1. The zero-order valence-electron chi connectivity index (χ0n) is 39.3. The number of aliphatic hydroxyl groups is 2. The molecule has 1 amide bonds. The summed E-state index contributed by atoms with van der Waals surface area (Å²) >= 11 is 0. The van der Waals surface area contributed by atoms with Crippen LogP contribution in [0.1, 0.15) is 284 Å². The second-order valence-corrected chi connectivity index (χ2v) is 17.9. The molecule has 0 aromatic rings. The summed E-state index contributed by atoms with van der Waals surface area (Å²) in [6, 6.07) is -0.621. The minimum Gasteiger partial charge on any atom is -0.394 e. The van der Waals surface area contributed by atoms with Crippen LogP contribution in [-0.4, -0.2) is 34.9 Å². The Bertz CT molecular complexity index is 882. The van der Waals surface area contributed by atoms with Crippen LogP contribution in [0.3, 0.4) is 0 Å². The topological polar surface area (TPSA) is 69.6 Å². The lowest BCUT2D eigenvalue weighted by Crippen LogP contribution is -2.45. The van der Waals surface area contributed by atoms with Crippen LogP contribution in [0, 0.1) is 0 Å². The third-order valence-electron chi connectivity index (χ3n) is 12.1. The number of carbonyl (C=O) groups is 1. The molecule has 3 N–H and O–H groups in total. The highest BCUT2D eigenvalue weighted by Crippen LogP contribution is 2.16. The minimum atomic E-state index is -0.838. The largest absolute Gasteiger partial charge is 0.394 e. The number of carbonyl (C=O) groups excluding carboxylic acids is 1. The van der Waals surface area contributed by atoms with Crippen LogP contribution in [0.2, 0.25) is 0 Å². The first-order valence-electron chi connectivity index (χ1n) is 26.2. The molecular formula is C54H103NO3. The van der Waals surface area contributed by atoms with Gasteiger partial charge in [-0.3, -0.25) is 4.79 Å². The monoisotopic (exact) mass is 814 g/mol. The first-order chi connectivity index (χ1) is 28.7. The number of rotatable bonds is 48. The summed E-state index contributed by atoms with van der Waals surface area (Å²) in [4.78, 5) is 12.4. The van der Waals surface area contributed by atoms with Crippen molar-refractivity contribution in [1.82, 2.24) is 5.32 Å². The Morgan fingerprint density at radius 3 is 1.03 bits per heavy atom. The Morgan fingerprint density at radius 1 is 0.414 bits per heavy atom. The molecule has 58 heavy (non-hydrogen) atoms. The molecule has 4 heteroatoms. The number of hydrogen-bond acceptors (Lipinski definition) is 3. The van der Waals surface area contributed by atoms with Gasteiger partial charge in [0, 0.05) is 6.42 Å². The molecule has 0 spiro atoms. The molecule has 0 aromatic carbocycles. The maximum Gasteiger partial charge on any atom is 0.220 e. The normalized spacial score (nSPS) is 13.1. The summed E-state index contributed by atoms with van der Waals surface area (Å²) in [6.45, 7) is 4.32. The first-order valence-corrected chi connectivity index (χ1v) is 26.2. The van der Waals surface area contributed by atoms with E-state index in [1.807, 2.05) is 6.08 Å². The van der Waals surface area contributed by atoms with E-state index >= 15 is 0 Å². The number of aliphatic hydroxyl groups excluding tert-OH is 2. The minimum absolute atomic E-state index is 0.0609. The number of unbranched alkanes of at least 4 members (excludes halogenated alkanes) is 37. The molecule has 0 aliphatic rings. The predicted molar refractivity (Wildman–Crippen MR) is 258 cm³/mol. The summed E-state index contributed by atoms with van der Waals surface area (Å²) in [6.07, 6.45) is 67.1. The van der Waals surface area contributed by atoms with E-state index in [1.165, 1.54) is 231 Å². The second kappa shape index (κ2) is 50.0. The van der Waals surface area contributed by atoms with E-state index in [2.05, 4.69) is 43.5 Å². The Labute approximate surface area is 363 Å². The lowest BCUT2D eigenvalue weighted by atomic mass is 10.0. The predicted octanol–water partition coefficient (Wildman–Crippen LogP) is 16.9. The van der Waals surface area contributed by atoms with Crippen LogP contribution in [0.15, 0.2) is 36.5 Å². The van der Waals surface area contributed by atoms with E-state index in [0.29, 0.717) is 6.42 Å². The van der Waals surface area contributed by atoms with Crippen LogP contribution in [0.25, 0.3) is 0 Å². The van der Waals surface area contributed by atoms with Crippen molar-refractivity contribution in [2.45, 2.75) is 296 Å². The Morgan fingerprint density at radius 2 is 0.707 bits per heavy atom. The van der Waals surface area contributed by atoms with E-state index in [9.17, 15) is 15.0 Å². The van der Waals surface area contributed by atoms with Gasteiger partial charge in [-0.15, -0.1) is 0 Å². The molecular weight excluding hydrogens is 711 g/mol. The molecule has 2 unspecified atom stereocenters.